The maximum Gasteiger partial charge on any atom is 0.0722 e. The Labute approximate surface area is 101 Å². The second kappa shape index (κ2) is 4.26. The molecular formula is C14H14ClN. The van der Waals surface area contributed by atoms with Gasteiger partial charge in [0.1, 0.15) is 0 Å². The maximum atomic E-state index is 6.16. The Morgan fingerprint density at radius 2 is 1.75 bits per heavy atom. The lowest BCUT2D eigenvalue weighted by molar-refractivity contribution is 1.12. The van der Waals surface area contributed by atoms with Crippen molar-refractivity contribution in [2.24, 2.45) is 0 Å². The van der Waals surface area contributed by atoms with Crippen molar-refractivity contribution in [2.45, 2.75) is 20.8 Å². The van der Waals surface area contributed by atoms with Crippen LogP contribution in [0.25, 0.3) is 11.3 Å². The van der Waals surface area contributed by atoms with Crippen LogP contribution >= 0.6 is 11.6 Å². The average molecular weight is 232 g/mol. The predicted octanol–water partition coefficient (Wildman–Crippen LogP) is 4.33. The SMILES string of the molecule is Cc1cc(-c2ccccc2Cl)nc(C)c1C. The molecule has 0 N–H and O–H groups in total. The standard InChI is InChI=1S/C14H14ClN/c1-9-8-14(16-11(3)10(9)2)12-6-4-5-7-13(12)15/h4-8H,1-3H3. The number of hydrogen-bond acceptors (Lipinski definition) is 1. The summed E-state index contributed by atoms with van der Waals surface area (Å²) in [6.45, 7) is 6.22. The lowest BCUT2D eigenvalue weighted by Crippen LogP contribution is -1.94. The molecule has 1 aromatic carbocycles. The van der Waals surface area contributed by atoms with E-state index in [9.17, 15) is 0 Å². The topological polar surface area (TPSA) is 12.9 Å². The van der Waals surface area contributed by atoms with Crippen LogP contribution in [0.2, 0.25) is 5.02 Å². The molecule has 0 spiro atoms. The van der Waals surface area contributed by atoms with E-state index >= 15 is 0 Å². The number of halogens is 1. The lowest BCUT2D eigenvalue weighted by Gasteiger charge is -2.09. The molecule has 0 fully saturated rings. The molecule has 82 valence electrons. The van der Waals surface area contributed by atoms with E-state index in [0.29, 0.717) is 0 Å². The van der Waals surface area contributed by atoms with Crippen LogP contribution in [0.3, 0.4) is 0 Å². The van der Waals surface area contributed by atoms with E-state index in [0.717, 1.165) is 22.0 Å². The number of benzene rings is 1. The molecule has 0 aliphatic heterocycles. The normalized spacial score (nSPS) is 10.5. The van der Waals surface area contributed by atoms with Gasteiger partial charge in [-0.05, 0) is 44.0 Å². The van der Waals surface area contributed by atoms with E-state index in [4.69, 9.17) is 11.6 Å². The van der Waals surface area contributed by atoms with Crippen LogP contribution in [0, 0.1) is 20.8 Å². The van der Waals surface area contributed by atoms with E-state index in [1.54, 1.807) is 0 Å². The fraction of sp³-hybridized carbons (Fsp3) is 0.214. The smallest absolute Gasteiger partial charge is 0.0722 e. The minimum atomic E-state index is 0.748. The Hall–Kier alpha value is -1.34. The number of nitrogens with zero attached hydrogens (tertiary/aromatic N) is 1. The summed E-state index contributed by atoms with van der Waals surface area (Å²) in [7, 11) is 0. The van der Waals surface area contributed by atoms with Crippen molar-refractivity contribution in [1.29, 1.82) is 0 Å². The minimum Gasteiger partial charge on any atom is -0.253 e. The third-order valence-corrected chi connectivity index (χ3v) is 3.25. The third kappa shape index (κ3) is 1.96. The molecule has 0 aliphatic rings. The van der Waals surface area contributed by atoms with Gasteiger partial charge in [-0.15, -0.1) is 0 Å². The van der Waals surface area contributed by atoms with Gasteiger partial charge in [-0.25, -0.2) is 0 Å². The first-order valence-electron chi connectivity index (χ1n) is 5.29. The van der Waals surface area contributed by atoms with Gasteiger partial charge in [0, 0.05) is 16.3 Å². The molecular weight excluding hydrogens is 218 g/mol. The first kappa shape index (κ1) is 11.2. The molecule has 2 aromatic rings. The van der Waals surface area contributed by atoms with Crippen molar-refractivity contribution in [3.63, 3.8) is 0 Å². The number of hydrogen-bond donors (Lipinski definition) is 0. The molecule has 0 saturated heterocycles. The molecule has 2 rings (SSSR count). The van der Waals surface area contributed by atoms with Gasteiger partial charge in [-0.2, -0.15) is 0 Å². The molecule has 0 atom stereocenters. The van der Waals surface area contributed by atoms with Gasteiger partial charge >= 0.3 is 0 Å². The van der Waals surface area contributed by atoms with Crippen molar-refractivity contribution >= 4 is 11.6 Å². The largest absolute Gasteiger partial charge is 0.253 e. The summed E-state index contributed by atoms with van der Waals surface area (Å²) in [4.78, 5) is 4.58. The molecule has 0 unspecified atom stereocenters. The summed E-state index contributed by atoms with van der Waals surface area (Å²) in [5.74, 6) is 0. The molecule has 1 nitrogen and oxygen atoms in total. The van der Waals surface area contributed by atoms with Gasteiger partial charge in [0.05, 0.1) is 5.69 Å². The molecule has 0 radical (unpaired) electrons. The molecule has 0 aliphatic carbocycles. The number of pyridine rings is 1. The van der Waals surface area contributed by atoms with Crippen molar-refractivity contribution in [3.05, 3.63) is 52.2 Å². The quantitative estimate of drug-likeness (QED) is 0.712. The molecule has 16 heavy (non-hydrogen) atoms. The van der Waals surface area contributed by atoms with Gasteiger partial charge in [-0.3, -0.25) is 4.98 Å². The molecule has 1 heterocycles. The summed E-state index contributed by atoms with van der Waals surface area (Å²) < 4.78 is 0. The first-order valence-corrected chi connectivity index (χ1v) is 5.67. The Morgan fingerprint density at radius 1 is 1.06 bits per heavy atom. The Bertz CT molecular complexity index is 509. The van der Waals surface area contributed by atoms with E-state index in [-0.39, 0.29) is 0 Å². The van der Waals surface area contributed by atoms with Crippen molar-refractivity contribution in [3.8, 4) is 11.3 Å². The number of rotatable bonds is 1. The zero-order valence-corrected chi connectivity index (χ0v) is 10.5. The zero-order valence-electron chi connectivity index (χ0n) is 9.71. The lowest BCUT2D eigenvalue weighted by atomic mass is 10.0. The minimum absolute atomic E-state index is 0.748. The van der Waals surface area contributed by atoms with Crippen LogP contribution in [0.5, 0.6) is 0 Å². The number of aromatic nitrogens is 1. The fourth-order valence-electron chi connectivity index (χ4n) is 1.70. The molecule has 0 amide bonds. The number of aryl methyl sites for hydroxylation is 2. The van der Waals surface area contributed by atoms with Crippen LogP contribution in [0.4, 0.5) is 0 Å². The highest BCUT2D eigenvalue weighted by Gasteiger charge is 2.07. The molecule has 0 bridgehead atoms. The summed E-state index contributed by atoms with van der Waals surface area (Å²) in [5, 5.41) is 0.748. The van der Waals surface area contributed by atoms with Crippen molar-refractivity contribution < 1.29 is 0 Å². The Morgan fingerprint density at radius 3 is 2.38 bits per heavy atom. The van der Waals surface area contributed by atoms with Gasteiger partial charge in [0.25, 0.3) is 0 Å². The first-order chi connectivity index (χ1) is 7.59. The second-order valence-corrected chi connectivity index (χ2v) is 4.42. The van der Waals surface area contributed by atoms with Crippen molar-refractivity contribution in [2.75, 3.05) is 0 Å². The van der Waals surface area contributed by atoms with Crippen LogP contribution < -0.4 is 0 Å². The van der Waals surface area contributed by atoms with Gasteiger partial charge in [0.2, 0.25) is 0 Å². The highest BCUT2D eigenvalue weighted by Crippen LogP contribution is 2.27. The summed E-state index contributed by atoms with van der Waals surface area (Å²) >= 11 is 6.16. The van der Waals surface area contributed by atoms with E-state index in [1.165, 1.54) is 11.1 Å². The van der Waals surface area contributed by atoms with Crippen LogP contribution in [0.1, 0.15) is 16.8 Å². The molecule has 2 heteroatoms. The second-order valence-electron chi connectivity index (χ2n) is 4.01. The maximum absolute atomic E-state index is 6.16. The monoisotopic (exact) mass is 231 g/mol. The third-order valence-electron chi connectivity index (χ3n) is 2.93. The van der Waals surface area contributed by atoms with Gasteiger partial charge in [0.15, 0.2) is 0 Å². The Balaban J connectivity index is 2.62. The highest BCUT2D eigenvalue weighted by atomic mass is 35.5. The summed E-state index contributed by atoms with van der Waals surface area (Å²) in [6, 6.07) is 9.89. The van der Waals surface area contributed by atoms with Gasteiger partial charge < -0.3 is 0 Å². The predicted molar refractivity (Wildman–Crippen MR) is 68.9 cm³/mol. The molecule has 0 saturated carbocycles. The van der Waals surface area contributed by atoms with Gasteiger partial charge in [-0.1, -0.05) is 29.8 Å². The summed E-state index contributed by atoms with van der Waals surface area (Å²) in [6.07, 6.45) is 0. The average Bonchev–Trinajstić information content (AvgIpc) is 2.26. The van der Waals surface area contributed by atoms with E-state index < -0.39 is 0 Å². The van der Waals surface area contributed by atoms with Crippen LogP contribution in [-0.2, 0) is 0 Å². The zero-order chi connectivity index (χ0) is 11.7. The summed E-state index contributed by atoms with van der Waals surface area (Å²) in [5.41, 5.74) is 5.51. The van der Waals surface area contributed by atoms with E-state index in [1.807, 2.05) is 31.2 Å². The highest BCUT2D eigenvalue weighted by molar-refractivity contribution is 6.33. The van der Waals surface area contributed by atoms with E-state index in [2.05, 4.69) is 24.9 Å². The van der Waals surface area contributed by atoms with Crippen LogP contribution in [-0.4, -0.2) is 4.98 Å². The fourth-order valence-corrected chi connectivity index (χ4v) is 1.93. The van der Waals surface area contributed by atoms with Crippen molar-refractivity contribution in [1.82, 2.24) is 4.98 Å². The van der Waals surface area contributed by atoms with Crippen LogP contribution in [0.15, 0.2) is 30.3 Å². The molecule has 1 aromatic heterocycles. The Kier molecular flexibility index (Phi) is 2.97.